The topological polar surface area (TPSA) is 17.8 Å². The minimum Gasteiger partial charge on any atom is -0.345 e. The van der Waals surface area contributed by atoms with Crippen molar-refractivity contribution < 1.29 is 0 Å². The summed E-state index contributed by atoms with van der Waals surface area (Å²) in [4.78, 5) is 4.27. The van der Waals surface area contributed by atoms with Crippen molar-refractivity contribution in [2.45, 2.75) is 13.0 Å². The number of aromatic nitrogens is 2. The Bertz CT molecular complexity index is 289. The lowest BCUT2D eigenvalue weighted by molar-refractivity contribution is 0.639. The maximum Gasteiger partial charge on any atom is 0.115 e. The average Bonchev–Trinajstić information content (AvgIpc) is 2.77. The fraction of sp³-hybridized carbons (Fsp3) is 0.222. The molecule has 0 aliphatic heterocycles. The standard InChI is InChI=1S/C9H10N2S/c1-8(9-10-4-7-12-9)11-5-2-3-6-11/h2-8H,1H3. The van der Waals surface area contributed by atoms with Crippen molar-refractivity contribution >= 4 is 11.3 Å². The summed E-state index contributed by atoms with van der Waals surface area (Å²) >= 11 is 1.70. The van der Waals surface area contributed by atoms with Crippen LogP contribution in [0, 0.1) is 0 Å². The van der Waals surface area contributed by atoms with Gasteiger partial charge in [-0.25, -0.2) is 4.98 Å². The summed E-state index contributed by atoms with van der Waals surface area (Å²) in [5.41, 5.74) is 0. The molecule has 0 aliphatic carbocycles. The van der Waals surface area contributed by atoms with E-state index >= 15 is 0 Å². The molecule has 0 aromatic carbocycles. The molecule has 3 heteroatoms. The van der Waals surface area contributed by atoms with Crippen molar-refractivity contribution in [2.24, 2.45) is 0 Å². The van der Waals surface area contributed by atoms with Crippen LogP contribution in [-0.4, -0.2) is 9.55 Å². The lowest BCUT2D eigenvalue weighted by Gasteiger charge is -2.09. The van der Waals surface area contributed by atoms with Gasteiger partial charge in [0.1, 0.15) is 5.01 Å². The van der Waals surface area contributed by atoms with E-state index in [1.165, 1.54) is 0 Å². The molecule has 0 saturated carbocycles. The first-order valence-electron chi connectivity index (χ1n) is 3.90. The Kier molecular flexibility index (Phi) is 1.96. The fourth-order valence-corrected chi connectivity index (χ4v) is 1.88. The Labute approximate surface area is 75.5 Å². The summed E-state index contributed by atoms with van der Waals surface area (Å²) in [6.07, 6.45) is 5.97. The monoisotopic (exact) mass is 178 g/mol. The normalized spacial score (nSPS) is 13.1. The molecule has 2 nitrogen and oxygen atoms in total. The van der Waals surface area contributed by atoms with Gasteiger partial charge in [0.2, 0.25) is 0 Å². The van der Waals surface area contributed by atoms with E-state index in [0.29, 0.717) is 6.04 Å². The van der Waals surface area contributed by atoms with Gasteiger partial charge >= 0.3 is 0 Å². The number of hydrogen-bond donors (Lipinski definition) is 0. The Morgan fingerprint density at radius 2 is 2.17 bits per heavy atom. The van der Waals surface area contributed by atoms with Crippen LogP contribution in [0.3, 0.4) is 0 Å². The smallest absolute Gasteiger partial charge is 0.115 e. The van der Waals surface area contributed by atoms with Gasteiger partial charge in [-0.15, -0.1) is 11.3 Å². The summed E-state index contributed by atoms with van der Waals surface area (Å²) < 4.78 is 2.15. The van der Waals surface area contributed by atoms with E-state index in [1.54, 1.807) is 11.3 Å². The van der Waals surface area contributed by atoms with Gasteiger partial charge in [0.15, 0.2) is 0 Å². The lowest BCUT2D eigenvalue weighted by atomic mass is 10.3. The van der Waals surface area contributed by atoms with Crippen molar-refractivity contribution in [1.29, 1.82) is 0 Å². The van der Waals surface area contributed by atoms with Gasteiger partial charge in [0, 0.05) is 24.0 Å². The molecule has 12 heavy (non-hydrogen) atoms. The van der Waals surface area contributed by atoms with Gasteiger partial charge in [-0.05, 0) is 19.1 Å². The van der Waals surface area contributed by atoms with Gasteiger partial charge < -0.3 is 4.57 Å². The maximum atomic E-state index is 4.27. The highest BCUT2D eigenvalue weighted by Crippen LogP contribution is 2.19. The van der Waals surface area contributed by atoms with Crippen LogP contribution in [0.5, 0.6) is 0 Å². The van der Waals surface area contributed by atoms with E-state index in [9.17, 15) is 0 Å². The highest BCUT2D eigenvalue weighted by Gasteiger charge is 2.07. The van der Waals surface area contributed by atoms with Crippen molar-refractivity contribution in [3.05, 3.63) is 41.1 Å². The van der Waals surface area contributed by atoms with E-state index in [-0.39, 0.29) is 0 Å². The summed E-state index contributed by atoms with van der Waals surface area (Å²) in [6.45, 7) is 2.15. The quantitative estimate of drug-likeness (QED) is 0.691. The molecule has 0 radical (unpaired) electrons. The largest absolute Gasteiger partial charge is 0.345 e. The van der Waals surface area contributed by atoms with Crippen LogP contribution >= 0.6 is 11.3 Å². The highest BCUT2D eigenvalue weighted by atomic mass is 32.1. The molecule has 0 bridgehead atoms. The number of nitrogens with zero attached hydrogens (tertiary/aromatic N) is 2. The van der Waals surface area contributed by atoms with E-state index < -0.39 is 0 Å². The number of rotatable bonds is 2. The third-order valence-corrected chi connectivity index (χ3v) is 2.83. The Hall–Kier alpha value is -1.09. The molecular formula is C9H10N2S. The summed E-state index contributed by atoms with van der Waals surface area (Å²) in [5, 5.41) is 3.17. The molecule has 0 saturated heterocycles. The molecule has 0 N–H and O–H groups in total. The van der Waals surface area contributed by atoms with Crippen molar-refractivity contribution in [2.75, 3.05) is 0 Å². The second kappa shape index (κ2) is 3.11. The zero-order valence-corrected chi connectivity index (χ0v) is 7.66. The zero-order chi connectivity index (χ0) is 8.39. The first-order chi connectivity index (χ1) is 5.88. The third-order valence-electron chi connectivity index (χ3n) is 1.88. The van der Waals surface area contributed by atoms with Gasteiger partial charge in [0.05, 0.1) is 6.04 Å². The number of hydrogen-bond acceptors (Lipinski definition) is 2. The van der Waals surface area contributed by atoms with Crippen molar-refractivity contribution in [1.82, 2.24) is 9.55 Å². The minimum absolute atomic E-state index is 0.361. The van der Waals surface area contributed by atoms with Crippen LogP contribution in [0.4, 0.5) is 0 Å². The van der Waals surface area contributed by atoms with E-state index in [0.717, 1.165) is 5.01 Å². The Morgan fingerprint density at radius 1 is 1.42 bits per heavy atom. The molecule has 1 unspecified atom stereocenters. The van der Waals surface area contributed by atoms with Gasteiger partial charge in [-0.3, -0.25) is 0 Å². The zero-order valence-electron chi connectivity index (χ0n) is 6.84. The fourth-order valence-electron chi connectivity index (χ4n) is 1.17. The highest BCUT2D eigenvalue weighted by molar-refractivity contribution is 7.09. The predicted molar refractivity (Wildman–Crippen MR) is 50.4 cm³/mol. The summed E-state index contributed by atoms with van der Waals surface area (Å²) in [6, 6.07) is 4.42. The van der Waals surface area contributed by atoms with Crippen LogP contribution in [0.1, 0.15) is 18.0 Å². The molecule has 2 rings (SSSR count). The first-order valence-corrected chi connectivity index (χ1v) is 4.78. The van der Waals surface area contributed by atoms with Gasteiger partial charge in [0.25, 0.3) is 0 Å². The minimum atomic E-state index is 0.361. The van der Waals surface area contributed by atoms with E-state index in [1.807, 2.05) is 23.7 Å². The molecule has 2 heterocycles. The molecule has 0 amide bonds. The van der Waals surface area contributed by atoms with Crippen LogP contribution in [0.15, 0.2) is 36.1 Å². The van der Waals surface area contributed by atoms with Gasteiger partial charge in [-0.1, -0.05) is 0 Å². The molecular weight excluding hydrogens is 168 g/mol. The van der Waals surface area contributed by atoms with E-state index in [4.69, 9.17) is 0 Å². The Morgan fingerprint density at radius 3 is 2.75 bits per heavy atom. The van der Waals surface area contributed by atoms with Crippen LogP contribution in [-0.2, 0) is 0 Å². The van der Waals surface area contributed by atoms with Crippen molar-refractivity contribution in [3.63, 3.8) is 0 Å². The molecule has 0 spiro atoms. The second-order valence-corrected chi connectivity index (χ2v) is 3.60. The molecule has 2 aromatic rings. The lowest BCUT2D eigenvalue weighted by Crippen LogP contribution is -2.02. The predicted octanol–water partition coefficient (Wildman–Crippen LogP) is 2.55. The molecule has 1 atom stereocenters. The summed E-state index contributed by atoms with van der Waals surface area (Å²) in [5.74, 6) is 0. The van der Waals surface area contributed by atoms with Crippen LogP contribution in [0.2, 0.25) is 0 Å². The average molecular weight is 178 g/mol. The third kappa shape index (κ3) is 1.28. The van der Waals surface area contributed by atoms with Crippen molar-refractivity contribution in [3.8, 4) is 0 Å². The van der Waals surface area contributed by atoms with Crippen LogP contribution in [0.25, 0.3) is 0 Å². The number of thiazole rings is 1. The summed E-state index contributed by atoms with van der Waals surface area (Å²) in [7, 11) is 0. The molecule has 0 aliphatic rings. The molecule has 0 fully saturated rings. The van der Waals surface area contributed by atoms with E-state index in [2.05, 4.69) is 28.9 Å². The molecule has 62 valence electrons. The SMILES string of the molecule is CC(c1nccs1)n1cccc1. The van der Waals surface area contributed by atoms with Crippen LogP contribution < -0.4 is 0 Å². The second-order valence-electron chi connectivity index (χ2n) is 2.68. The molecule has 2 aromatic heterocycles. The first kappa shape index (κ1) is 7.55. The van der Waals surface area contributed by atoms with Gasteiger partial charge in [-0.2, -0.15) is 0 Å². The Balaban J connectivity index is 2.27. The maximum absolute atomic E-state index is 4.27.